The molecule has 0 radical (unpaired) electrons. The third-order valence-electron chi connectivity index (χ3n) is 4.82. The van der Waals surface area contributed by atoms with Crippen molar-refractivity contribution < 1.29 is 19.4 Å². The van der Waals surface area contributed by atoms with Crippen LogP contribution in [0.15, 0.2) is 60.2 Å². The molecule has 0 unspecified atom stereocenters. The summed E-state index contributed by atoms with van der Waals surface area (Å²) in [6.07, 6.45) is 1.03. The van der Waals surface area contributed by atoms with Crippen molar-refractivity contribution in [2.45, 2.75) is 18.4 Å². The fourth-order valence-corrected chi connectivity index (χ4v) is 4.17. The molecule has 1 aromatic heterocycles. The summed E-state index contributed by atoms with van der Waals surface area (Å²) in [4.78, 5) is 28.4. The maximum Gasteiger partial charge on any atom is 0.407 e. The number of carboxylic acids is 1. The molecule has 2 aromatic carbocycles. The summed E-state index contributed by atoms with van der Waals surface area (Å²) in [5.74, 6) is -1.18. The Kier molecular flexibility index (Phi) is 5.08. The lowest BCUT2D eigenvalue weighted by Gasteiger charge is -2.17. The van der Waals surface area contributed by atoms with Gasteiger partial charge in [0, 0.05) is 23.4 Å². The number of benzene rings is 2. The minimum atomic E-state index is -1.11. The van der Waals surface area contributed by atoms with Gasteiger partial charge in [0.1, 0.15) is 12.6 Å². The Morgan fingerprint density at radius 3 is 2.32 bits per heavy atom. The average Bonchev–Trinajstić information content (AvgIpc) is 3.32. The van der Waals surface area contributed by atoms with Gasteiger partial charge in [-0.3, -0.25) is 4.98 Å². The van der Waals surface area contributed by atoms with Gasteiger partial charge < -0.3 is 15.2 Å². The predicted molar refractivity (Wildman–Crippen MR) is 105 cm³/mol. The van der Waals surface area contributed by atoms with Crippen molar-refractivity contribution in [2.75, 3.05) is 6.61 Å². The minimum Gasteiger partial charge on any atom is -0.480 e. The van der Waals surface area contributed by atoms with Crippen molar-refractivity contribution in [3.8, 4) is 11.1 Å². The molecule has 1 heterocycles. The fourth-order valence-electron chi connectivity index (χ4n) is 3.53. The molecule has 142 valence electrons. The van der Waals surface area contributed by atoms with Crippen LogP contribution >= 0.6 is 11.3 Å². The summed E-state index contributed by atoms with van der Waals surface area (Å²) in [7, 11) is 0. The van der Waals surface area contributed by atoms with Gasteiger partial charge in [-0.25, -0.2) is 9.59 Å². The number of hydrogen-bond donors (Lipinski definition) is 2. The van der Waals surface area contributed by atoms with E-state index in [1.807, 2.05) is 36.4 Å². The summed E-state index contributed by atoms with van der Waals surface area (Å²) in [6, 6.07) is 15.0. The van der Waals surface area contributed by atoms with Crippen molar-refractivity contribution in [1.82, 2.24) is 10.3 Å². The number of carbonyl (C=O) groups is 2. The number of nitrogens with one attached hydrogen (secondary N) is 1. The first kappa shape index (κ1) is 18.2. The van der Waals surface area contributed by atoms with Gasteiger partial charge in [0.2, 0.25) is 0 Å². The SMILES string of the molecule is O=C(N[C@H](Cc1cncs1)C(=O)O)OCC1c2ccccc2-c2ccccc21. The van der Waals surface area contributed by atoms with E-state index in [-0.39, 0.29) is 18.9 Å². The normalized spacial score (nSPS) is 13.4. The number of alkyl carbamates (subject to hydrolysis) is 1. The lowest BCUT2D eigenvalue weighted by molar-refractivity contribution is -0.139. The molecule has 3 aromatic rings. The molecule has 0 saturated heterocycles. The number of hydrogen-bond acceptors (Lipinski definition) is 5. The highest BCUT2D eigenvalue weighted by Gasteiger charge is 2.29. The Morgan fingerprint density at radius 1 is 1.11 bits per heavy atom. The Balaban J connectivity index is 1.44. The van der Waals surface area contributed by atoms with Crippen molar-refractivity contribution in [2.24, 2.45) is 0 Å². The summed E-state index contributed by atoms with van der Waals surface area (Å²) in [6.45, 7) is 0.146. The molecule has 6 nitrogen and oxygen atoms in total. The van der Waals surface area contributed by atoms with Crippen LogP contribution in [0.1, 0.15) is 21.9 Å². The van der Waals surface area contributed by atoms with Gasteiger partial charge >= 0.3 is 12.1 Å². The van der Waals surface area contributed by atoms with Gasteiger partial charge in [-0.15, -0.1) is 11.3 Å². The highest BCUT2D eigenvalue weighted by molar-refractivity contribution is 7.09. The van der Waals surface area contributed by atoms with Crippen LogP contribution in [0.4, 0.5) is 4.79 Å². The van der Waals surface area contributed by atoms with Crippen LogP contribution in [-0.2, 0) is 16.0 Å². The number of carbonyl (C=O) groups excluding carboxylic acids is 1. The molecule has 7 heteroatoms. The van der Waals surface area contributed by atoms with Crippen molar-refractivity contribution in [3.63, 3.8) is 0 Å². The van der Waals surface area contributed by atoms with E-state index in [2.05, 4.69) is 22.4 Å². The van der Waals surface area contributed by atoms with Gasteiger partial charge in [0.15, 0.2) is 0 Å². The second-order valence-corrected chi connectivity index (χ2v) is 7.50. The molecule has 0 fully saturated rings. The number of rotatable bonds is 6. The second-order valence-electron chi connectivity index (χ2n) is 6.53. The van der Waals surface area contributed by atoms with Crippen LogP contribution in [0.2, 0.25) is 0 Å². The lowest BCUT2D eigenvalue weighted by Crippen LogP contribution is -2.42. The minimum absolute atomic E-state index is 0.0667. The van der Waals surface area contributed by atoms with Crippen LogP contribution in [0.25, 0.3) is 11.1 Å². The van der Waals surface area contributed by atoms with Gasteiger partial charge in [0.05, 0.1) is 5.51 Å². The number of ether oxygens (including phenoxy) is 1. The molecular formula is C21H18N2O4S. The van der Waals surface area contributed by atoms with E-state index in [4.69, 9.17) is 4.74 Å². The first-order valence-corrected chi connectivity index (χ1v) is 9.73. The number of aromatic nitrogens is 1. The zero-order chi connectivity index (χ0) is 19.5. The first-order valence-electron chi connectivity index (χ1n) is 8.85. The number of thiazole rings is 1. The topological polar surface area (TPSA) is 88.5 Å². The van der Waals surface area contributed by atoms with E-state index in [0.29, 0.717) is 0 Å². The highest BCUT2D eigenvalue weighted by Crippen LogP contribution is 2.44. The fraction of sp³-hybridized carbons (Fsp3) is 0.190. The van der Waals surface area contributed by atoms with Crippen molar-refractivity contribution in [3.05, 3.63) is 76.2 Å². The van der Waals surface area contributed by atoms with Crippen molar-refractivity contribution in [1.29, 1.82) is 0 Å². The maximum atomic E-state index is 12.3. The second kappa shape index (κ2) is 7.82. The van der Waals surface area contributed by atoms with E-state index in [1.54, 1.807) is 11.7 Å². The first-order chi connectivity index (χ1) is 13.6. The number of carboxylic acid groups (broad SMARTS) is 1. The summed E-state index contributed by atoms with van der Waals surface area (Å²) >= 11 is 1.35. The van der Waals surface area contributed by atoms with Crippen LogP contribution in [-0.4, -0.2) is 34.8 Å². The summed E-state index contributed by atoms with van der Waals surface area (Å²) < 4.78 is 5.41. The monoisotopic (exact) mass is 394 g/mol. The molecule has 1 atom stereocenters. The molecule has 0 aliphatic heterocycles. The van der Waals surface area contributed by atoms with E-state index < -0.39 is 18.1 Å². The summed E-state index contributed by atoms with van der Waals surface area (Å²) in [5, 5.41) is 11.8. The third-order valence-corrected chi connectivity index (χ3v) is 5.62. The Hall–Kier alpha value is -3.19. The standard InChI is InChI=1S/C21H18N2O4S/c24-20(25)19(9-13-10-22-12-28-13)23-21(26)27-11-18-16-7-3-1-5-14(16)15-6-2-4-8-17(15)18/h1-8,10,12,18-19H,9,11H2,(H,23,26)(H,24,25)/t19-/m1/s1. The molecule has 1 aliphatic carbocycles. The van der Waals surface area contributed by atoms with Crippen LogP contribution in [0.3, 0.4) is 0 Å². The largest absolute Gasteiger partial charge is 0.480 e. The van der Waals surface area contributed by atoms with E-state index in [0.717, 1.165) is 27.1 Å². The summed E-state index contributed by atoms with van der Waals surface area (Å²) in [5.41, 5.74) is 6.12. The molecule has 1 aliphatic rings. The molecule has 1 amide bonds. The number of nitrogens with zero attached hydrogens (tertiary/aromatic N) is 1. The molecule has 4 rings (SSSR count). The van der Waals surface area contributed by atoms with E-state index in [1.165, 1.54) is 11.3 Å². The van der Waals surface area contributed by atoms with Gasteiger partial charge in [0.25, 0.3) is 0 Å². The number of amides is 1. The van der Waals surface area contributed by atoms with Gasteiger partial charge in [-0.05, 0) is 22.3 Å². The lowest BCUT2D eigenvalue weighted by atomic mass is 9.98. The molecule has 0 spiro atoms. The number of aliphatic carboxylic acids is 1. The quantitative estimate of drug-likeness (QED) is 0.666. The third kappa shape index (κ3) is 3.61. The Bertz CT molecular complexity index is 958. The molecular weight excluding hydrogens is 376 g/mol. The average molecular weight is 394 g/mol. The van der Waals surface area contributed by atoms with E-state index in [9.17, 15) is 14.7 Å². The van der Waals surface area contributed by atoms with Crippen LogP contribution < -0.4 is 5.32 Å². The smallest absolute Gasteiger partial charge is 0.407 e. The highest BCUT2D eigenvalue weighted by atomic mass is 32.1. The van der Waals surface area contributed by atoms with Gasteiger partial charge in [-0.2, -0.15) is 0 Å². The van der Waals surface area contributed by atoms with Gasteiger partial charge in [-0.1, -0.05) is 48.5 Å². The zero-order valence-corrected chi connectivity index (χ0v) is 15.7. The Labute approximate surface area is 165 Å². The Morgan fingerprint density at radius 2 is 1.75 bits per heavy atom. The maximum absolute atomic E-state index is 12.3. The molecule has 0 bridgehead atoms. The predicted octanol–water partition coefficient (Wildman–Crippen LogP) is 3.68. The molecule has 2 N–H and O–H groups in total. The van der Waals surface area contributed by atoms with E-state index >= 15 is 0 Å². The zero-order valence-electron chi connectivity index (χ0n) is 14.9. The van der Waals surface area contributed by atoms with Crippen molar-refractivity contribution >= 4 is 23.4 Å². The number of fused-ring (bicyclic) bond motifs is 3. The molecule has 28 heavy (non-hydrogen) atoms. The van der Waals surface area contributed by atoms with Crippen LogP contribution in [0.5, 0.6) is 0 Å². The molecule has 0 saturated carbocycles. The van der Waals surface area contributed by atoms with Crippen LogP contribution in [0, 0.1) is 0 Å².